The van der Waals surface area contributed by atoms with E-state index >= 15 is 0 Å². The molecule has 0 spiro atoms. The summed E-state index contributed by atoms with van der Waals surface area (Å²) in [6.45, 7) is 8.24. The van der Waals surface area contributed by atoms with Gasteiger partial charge in [0.25, 0.3) is 0 Å². The summed E-state index contributed by atoms with van der Waals surface area (Å²) in [5, 5.41) is 6.77. The van der Waals surface area contributed by atoms with E-state index in [0.717, 1.165) is 12.6 Å². The molecule has 3 rings (SSSR count). The lowest BCUT2D eigenvalue weighted by atomic mass is 10.2. The van der Waals surface area contributed by atoms with Crippen molar-refractivity contribution in [1.29, 1.82) is 0 Å². The summed E-state index contributed by atoms with van der Waals surface area (Å²) in [5.74, 6) is 0. The summed E-state index contributed by atoms with van der Waals surface area (Å²) >= 11 is 1.77. The first-order chi connectivity index (χ1) is 8.42. The molecule has 0 aromatic carbocycles. The van der Waals surface area contributed by atoms with E-state index in [4.69, 9.17) is 0 Å². The topological polar surface area (TPSA) is 31.4 Å². The first-order valence-electron chi connectivity index (χ1n) is 6.47. The van der Waals surface area contributed by atoms with Gasteiger partial charge in [-0.1, -0.05) is 0 Å². The fraction of sp³-hybridized carbons (Fsp3) is 0.750. The van der Waals surface area contributed by atoms with Gasteiger partial charge in [0.15, 0.2) is 0 Å². The van der Waals surface area contributed by atoms with E-state index in [0.29, 0.717) is 0 Å². The molecule has 1 aromatic rings. The van der Waals surface area contributed by atoms with Gasteiger partial charge < -0.3 is 5.32 Å². The molecule has 4 nitrogen and oxygen atoms in total. The molecule has 18 heavy (non-hydrogen) atoms. The number of hydrogen-bond acceptors (Lipinski definition) is 5. The number of rotatable bonds is 3. The normalized spacial score (nSPS) is 26.1. The predicted molar refractivity (Wildman–Crippen MR) is 77.5 cm³/mol. The molecule has 6 heteroatoms. The molecular formula is C12H21ClN4S. The highest BCUT2D eigenvalue weighted by Gasteiger charge is 2.25. The molecule has 2 aliphatic rings. The average Bonchev–Trinajstić information content (AvgIpc) is 3.01. The van der Waals surface area contributed by atoms with E-state index in [9.17, 15) is 0 Å². The standard InChI is InChI=1S/C12H20N4S.ClH/c1-2-13-9-11(1)16-6-4-15(5-7-16)10-12-14-3-8-17-12;/h3,8,11,13H,1-2,4-7,9-10H2;1H. The van der Waals surface area contributed by atoms with Crippen LogP contribution in [0.3, 0.4) is 0 Å². The number of aromatic nitrogens is 1. The SMILES string of the molecule is Cl.c1csc(CN2CCN(C3CCNC3)CC2)n1. The Hall–Kier alpha value is -0.200. The molecule has 0 bridgehead atoms. The number of nitrogens with one attached hydrogen (secondary N) is 1. The Labute approximate surface area is 119 Å². The maximum absolute atomic E-state index is 4.36. The molecular weight excluding hydrogens is 268 g/mol. The van der Waals surface area contributed by atoms with Gasteiger partial charge in [-0.3, -0.25) is 9.80 Å². The number of nitrogens with zero attached hydrogens (tertiary/aromatic N) is 3. The van der Waals surface area contributed by atoms with Crippen molar-refractivity contribution in [3.05, 3.63) is 16.6 Å². The Bertz CT molecular complexity index is 332. The summed E-state index contributed by atoms with van der Waals surface area (Å²) in [4.78, 5) is 9.54. The smallest absolute Gasteiger partial charge is 0.107 e. The Morgan fingerprint density at radius 2 is 2.17 bits per heavy atom. The van der Waals surface area contributed by atoms with Crippen molar-refractivity contribution in [2.24, 2.45) is 0 Å². The van der Waals surface area contributed by atoms with Gasteiger partial charge in [0.2, 0.25) is 0 Å². The number of piperazine rings is 1. The van der Waals surface area contributed by atoms with Crippen molar-refractivity contribution in [1.82, 2.24) is 20.1 Å². The molecule has 1 atom stereocenters. The second kappa shape index (κ2) is 6.82. The predicted octanol–water partition coefficient (Wildman–Crippen LogP) is 1.04. The molecule has 2 saturated heterocycles. The van der Waals surface area contributed by atoms with E-state index in [1.807, 2.05) is 6.20 Å². The third-order valence-electron chi connectivity index (χ3n) is 3.80. The van der Waals surface area contributed by atoms with Crippen LogP contribution >= 0.6 is 23.7 Å². The Balaban J connectivity index is 0.00000120. The first kappa shape index (κ1) is 14.2. The van der Waals surface area contributed by atoms with E-state index in [1.165, 1.54) is 50.7 Å². The van der Waals surface area contributed by atoms with Crippen molar-refractivity contribution in [3.8, 4) is 0 Å². The third kappa shape index (κ3) is 3.42. The van der Waals surface area contributed by atoms with E-state index < -0.39 is 0 Å². The minimum atomic E-state index is 0. The Morgan fingerprint density at radius 3 is 2.78 bits per heavy atom. The van der Waals surface area contributed by atoms with Gasteiger partial charge in [-0.15, -0.1) is 23.7 Å². The van der Waals surface area contributed by atoms with Crippen LogP contribution in [0.4, 0.5) is 0 Å². The quantitative estimate of drug-likeness (QED) is 0.901. The van der Waals surface area contributed by atoms with Gasteiger partial charge in [-0.25, -0.2) is 4.98 Å². The minimum absolute atomic E-state index is 0. The fourth-order valence-corrected chi connectivity index (χ4v) is 3.42. The first-order valence-corrected chi connectivity index (χ1v) is 7.35. The van der Waals surface area contributed by atoms with Crippen LogP contribution in [-0.2, 0) is 6.54 Å². The van der Waals surface area contributed by atoms with Crippen molar-refractivity contribution in [2.45, 2.75) is 19.0 Å². The van der Waals surface area contributed by atoms with Crippen molar-refractivity contribution >= 4 is 23.7 Å². The molecule has 1 aromatic heterocycles. The van der Waals surface area contributed by atoms with E-state index in [-0.39, 0.29) is 12.4 Å². The minimum Gasteiger partial charge on any atom is -0.315 e. The lowest BCUT2D eigenvalue weighted by Gasteiger charge is -2.37. The number of hydrogen-bond donors (Lipinski definition) is 1. The van der Waals surface area contributed by atoms with Gasteiger partial charge in [0.1, 0.15) is 5.01 Å². The highest BCUT2D eigenvalue weighted by atomic mass is 35.5. The van der Waals surface area contributed by atoms with Crippen LogP contribution in [0.1, 0.15) is 11.4 Å². The fourth-order valence-electron chi connectivity index (χ4n) is 2.76. The second-order valence-corrected chi connectivity index (χ2v) is 5.86. The maximum Gasteiger partial charge on any atom is 0.107 e. The van der Waals surface area contributed by atoms with Crippen molar-refractivity contribution in [3.63, 3.8) is 0 Å². The number of halogens is 1. The summed E-state index contributed by atoms with van der Waals surface area (Å²) in [7, 11) is 0. The summed E-state index contributed by atoms with van der Waals surface area (Å²) < 4.78 is 0. The van der Waals surface area contributed by atoms with Crippen molar-refractivity contribution < 1.29 is 0 Å². The molecule has 102 valence electrons. The summed E-state index contributed by atoms with van der Waals surface area (Å²) in [5.41, 5.74) is 0. The van der Waals surface area contributed by atoms with Gasteiger partial charge in [0, 0.05) is 50.3 Å². The van der Waals surface area contributed by atoms with Crippen LogP contribution in [0, 0.1) is 0 Å². The van der Waals surface area contributed by atoms with Crippen LogP contribution < -0.4 is 5.32 Å². The molecule has 2 aliphatic heterocycles. The molecule has 1 unspecified atom stereocenters. The second-order valence-electron chi connectivity index (χ2n) is 4.88. The van der Waals surface area contributed by atoms with Crippen molar-refractivity contribution in [2.75, 3.05) is 39.3 Å². The molecule has 0 amide bonds. The molecule has 0 aliphatic carbocycles. The zero-order chi connectivity index (χ0) is 11.5. The van der Waals surface area contributed by atoms with Gasteiger partial charge in [-0.05, 0) is 13.0 Å². The van der Waals surface area contributed by atoms with Gasteiger partial charge >= 0.3 is 0 Å². The van der Waals surface area contributed by atoms with E-state index in [1.54, 1.807) is 11.3 Å². The highest BCUT2D eigenvalue weighted by Crippen LogP contribution is 2.14. The molecule has 1 N–H and O–H groups in total. The molecule has 0 radical (unpaired) electrons. The van der Waals surface area contributed by atoms with Gasteiger partial charge in [0.05, 0.1) is 6.54 Å². The highest BCUT2D eigenvalue weighted by molar-refractivity contribution is 7.09. The zero-order valence-corrected chi connectivity index (χ0v) is 12.2. The monoisotopic (exact) mass is 288 g/mol. The van der Waals surface area contributed by atoms with Crippen LogP contribution in [0.25, 0.3) is 0 Å². The van der Waals surface area contributed by atoms with Crippen LogP contribution in [0.15, 0.2) is 11.6 Å². The maximum atomic E-state index is 4.36. The van der Waals surface area contributed by atoms with Crippen LogP contribution in [0.2, 0.25) is 0 Å². The van der Waals surface area contributed by atoms with Crippen LogP contribution in [-0.4, -0.2) is 60.1 Å². The third-order valence-corrected chi connectivity index (χ3v) is 4.56. The largest absolute Gasteiger partial charge is 0.315 e. The molecule has 0 saturated carbocycles. The lowest BCUT2D eigenvalue weighted by molar-refractivity contribution is 0.0981. The summed E-state index contributed by atoms with van der Waals surface area (Å²) in [6, 6.07) is 0.789. The Kier molecular flexibility index (Phi) is 5.38. The Morgan fingerprint density at radius 1 is 1.33 bits per heavy atom. The average molecular weight is 289 g/mol. The molecule has 3 heterocycles. The molecule has 2 fully saturated rings. The lowest BCUT2D eigenvalue weighted by Crippen LogP contribution is -2.50. The van der Waals surface area contributed by atoms with Crippen LogP contribution in [0.5, 0.6) is 0 Å². The van der Waals surface area contributed by atoms with Gasteiger partial charge in [-0.2, -0.15) is 0 Å². The summed E-state index contributed by atoms with van der Waals surface area (Å²) in [6.07, 6.45) is 3.23. The zero-order valence-electron chi connectivity index (χ0n) is 10.5. The number of thiazole rings is 1. The van der Waals surface area contributed by atoms with E-state index in [2.05, 4.69) is 25.5 Å².